The molecule has 0 atom stereocenters. The van der Waals surface area contributed by atoms with Gasteiger partial charge in [-0.1, -0.05) is 20.5 Å². The zero-order chi connectivity index (χ0) is 11.6. The predicted octanol–water partition coefficient (Wildman–Crippen LogP) is -0.565. The van der Waals surface area contributed by atoms with Gasteiger partial charge in [-0.05, 0) is 20.9 Å². The third-order valence-corrected chi connectivity index (χ3v) is 1.25. The lowest BCUT2D eigenvalue weighted by atomic mass is 10.8. The van der Waals surface area contributed by atoms with Gasteiger partial charge >= 0.3 is 17.0 Å². The summed E-state index contributed by atoms with van der Waals surface area (Å²) in [5.74, 6) is -4.18. The van der Waals surface area contributed by atoms with Crippen LogP contribution >= 0.6 is 0 Å². The van der Waals surface area contributed by atoms with Crippen LogP contribution in [-0.4, -0.2) is 17.0 Å². The maximum absolute atomic E-state index is 11.1. The van der Waals surface area contributed by atoms with Crippen LogP contribution in [0.3, 0.4) is 0 Å². The van der Waals surface area contributed by atoms with E-state index in [4.69, 9.17) is 11.5 Å². The van der Waals surface area contributed by atoms with E-state index in [2.05, 4.69) is 51.0 Å². The highest BCUT2D eigenvalue weighted by Crippen LogP contribution is 2.19. The molecular formula is C2H4N11O3+. The van der Waals surface area contributed by atoms with Crippen molar-refractivity contribution in [2.75, 3.05) is 0 Å². The Bertz CT molecular complexity index is 359. The maximum atomic E-state index is 11.1. The molecule has 0 spiro atoms. The molecule has 0 bridgehead atoms. The number of hydrogen-bond donors (Lipinski definition) is 2. The molecule has 0 aromatic rings. The van der Waals surface area contributed by atoms with Gasteiger partial charge in [-0.25, -0.2) is 11.5 Å². The normalized spacial score (nSPS) is 22.6. The van der Waals surface area contributed by atoms with E-state index in [1.807, 2.05) is 0 Å². The molecule has 2 aliphatic heterocycles. The number of nitrogens with two attached hydrogens (primary N) is 2. The third kappa shape index (κ3) is 1.96. The van der Waals surface area contributed by atoms with Crippen LogP contribution in [0.5, 0.6) is 0 Å². The van der Waals surface area contributed by atoms with E-state index in [-0.39, 0.29) is 0 Å². The molecule has 0 unspecified atom stereocenters. The molecule has 2 heterocycles. The van der Waals surface area contributed by atoms with Crippen molar-refractivity contribution >= 4 is 0 Å². The Morgan fingerprint density at radius 2 is 1.12 bits per heavy atom. The average Bonchev–Trinajstić information content (AvgIpc) is 2.75. The van der Waals surface area contributed by atoms with Gasteiger partial charge in [-0.2, -0.15) is 0 Å². The van der Waals surface area contributed by atoms with Gasteiger partial charge in [0.15, 0.2) is 0 Å². The molecule has 2 rings (SSSR count). The second kappa shape index (κ2) is 3.28. The molecule has 16 heavy (non-hydrogen) atoms. The molecule has 0 fully saturated rings. The van der Waals surface area contributed by atoms with Crippen LogP contribution in [0.4, 0.5) is 0 Å². The van der Waals surface area contributed by atoms with Crippen LogP contribution in [0.2, 0.25) is 0 Å². The van der Waals surface area contributed by atoms with E-state index >= 15 is 0 Å². The SMILES string of the molecule is NC1(O[N+](=O)OC2(N)N=NN=N2)N=NN=N1. The lowest BCUT2D eigenvalue weighted by Crippen LogP contribution is -2.45. The summed E-state index contributed by atoms with van der Waals surface area (Å²) in [5, 5.41) is 24.4. The number of hydrogen-bond acceptors (Lipinski definition) is 13. The number of nitrogens with zero attached hydrogens (tertiary/aromatic N) is 9. The lowest BCUT2D eigenvalue weighted by Gasteiger charge is -2.07. The third-order valence-electron chi connectivity index (χ3n) is 1.25. The van der Waals surface area contributed by atoms with Crippen LogP contribution in [-0.2, 0) is 9.68 Å². The second-order valence-corrected chi connectivity index (χ2v) is 2.48. The summed E-state index contributed by atoms with van der Waals surface area (Å²) in [6.07, 6.45) is 0. The Hall–Kier alpha value is -2.48. The van der Waals surface area contributed by atoms with Crippen molar-refractivity contribution in [3.63, 3.8) is 0 Å². The summed E-state index contributed by atoms with van der Waals surface area (Å²) in [5.41, 5.74) is 10.5. The van der Waals surface area contributed by atoms with Gasteiger partial charge in [0.2, 0.25) is 0 Å². The minimum Gasteiger partial charge on any atom is -0.244 e. The van der Waals surface area contributed by atoms with Crippen molar-refractivity contribution in [2.24, 2.45) is 52.8 Å². The van der Waals surface area contributed by atoms with Crippen molar-refractivity contribution in [3.05, 3.63) is 4.91 Å². The first-order chi connectivity index (χ1) is 7.52. The van der Waals surface area contributed by atoms with Gasteiger partial charge in [0, 0.05) is 0 Å². The van der Waals surface area contributed by atoms with Crippen LogP contribution in [0.1, 0.15) is 0 Å². The van der Waals surface area contributed by atoms with E-state index in [9.17, 15) is 4.91 Å². The van der Waals surface area contributed by atoms with Crippen molar-refractivity contribution < 1.29 is 14.8 Å². The summed E-state index contributed by atoms with van der Waals surface area (Å²) in [4.78, 5) is 19.8. The zero-order valence-electron chi connectivity index (χ0n) is 7.40. The van der Waals surface area contributed by atoms with E-state index in [0.29, 0.717) is 0 Å². The average molecular weight is 230 g/mol. The zero-order valence-corrected chi connectivity index (χ0v) is 7.40. The highest BCUT2D eigenvalue weighted by Gasteiger charge is 2.47. The van der Waals surface area contributed by atoms with Gasteiger partial charge in [0.1, 0.15) is 4.91 Å². The Labute approximate surface area is 85.5 Å². The van der Waals surface area contributed by atoms with Crippen LogP contribution in [0.15, 0.2) is 41.4 Å². The minimum atomic E-state index is -2.09. The highest BCUT2D eigenvalue weighted by molar-refractivity contribution is 4.63. The topological polar surface area (TPSA) is 189 Å². The fourth-order valence-electron chi connectivity index (χ4n) is 0.687. The molecule has 0 saturated carbocycles. The Kier molecular flexibility index (Phi) is 2.06. The standard InChI is InChI=1S/C2H4N11O3/c3-1(5-9-10-6-1)15-13(14)16-2(4)7-11-12-8-2/h3-4H2/q+1. The molecule has 0 aliphatic carbocycles. The summed E-state index contributed by atoms with van der Waals surface area (Å²) in [6.45, 7) is 0. The molecule has 4 N–H and O–H groups in total. The van der Waals surface area contributed by atoms with Gasteiger partial charge in [0.25, 0.3) is 0 Å². The first kappa shape index (κ1) is 10.1. The quantitative estimate of drug-likeness (QED) is 0.481. The first-order valence-corrected chi connectivity index (χ1v) is 3.63. The monoisotopic (exact) mass is 230 g/mol. The summed E-state index contributed by atoms with van der Waals surface area (Å²) >= 11 is 0. The summed E-state index contributed by atoms with van der Waals surface area (Å²) in [6, 6.07) is 0. The fourth-order valence-corrected chi connectivity index (χ4v) is 0.687. The Morgan fingerprint density at radius 3 is 1.44 bits per heavy atom. The Balaban J connectivity index is 1.95. The predicted molar refractivity (Wildman–Crippen MR) is 39.1 cm³/mol. The first-order valence-electron chi connectivity index (χ1n) is 3.63. The molecule has 0 aromatic carbocycles. The smallest absolute Gasteiger partial charge is 0.244 e. The minimum absolute atomic E-state index is 0.493. The Morgan fingerprint density at radius 1 is 0.812 bits per heavy atom. The molecule has 2 aliphatic rings. The van der Waals surface area contributed by atoms with Gasteiger partial charge in [0.05, 0.1) is 0 Å². The maximum Gasteiger partial charge on any atom is 0.490 e. The van der Waals surface area contributed by atoms with Crippen molar-refractivity contribution in [2.45, 2.75) is 11.9 Å². The van der Waals surface area contributed by atoms with E-state index in [0.717, 1.165) is 0 Å². The van der Waals surface area contributed by atoms with E-state index in [1.54, 1.807) is 0 Å². The summed E-state index contributed by atoms with van der Waals surface area (Å²) < 4.78 is 0. The lowest BCUT2D eigenvalue weighted by molar-refractivity contribution is -1.00. The molecule has 0 amide bonds. The molecule has 84 valence electrons. The van der Waals surface area contributed by atoms with Crippen molar-refractivity contribution in [3.8, 4) is 0 Å². The van der Waals surface area contributed by atoms with Crippen molar-refractivity contribution in [1.29, 1.82) is 0 Å². The molecule has 14 heteroatoms. The molecule has 0 radical (unpaired) electrons. The summed E-state index contributed by atoms with van der Waals surface area (Å²) in [7, 11) is 0. The van der Waals surface area contributed by atoms with Gasteiger partial charge in [-0.3, -0.25) is 0 Å². The molecule has 0 aromatic heterocycles. The molecule has 0 saturated heterocycles. The van der Waals surface area contributed by atoms with Crippen LogP contribution in [0, 0.1) is 4.91 Å². The van der Waals surface area contributed by atoms with Gasteiger partial charge in [-0.15, -0.1) is 9.68 Å². The van der Waals surface area contributed by atoms with Crippen molar-refractivity contribution in [1.82, 2.24) is 0 Å². The van der Waals surface area contributed by atoms with Crippen LogP contribution in [0.25, 0.3) is 0 Å². The fraction of sp³-hybridized carbons (Fsp3) is 1.00. The largest absolute Gasteiger partial charge is 0.490 e. The molecule has 14 nitrogen and oxygen atoms in total. The van der Waals surface area contributed by atoms with Gasteiger partial charge < -0.3 is 0 Å². The highest BCUT2D eigenvalue weighted by atomic mass is 17.0. The second-order valence-electron chi connectivity index (χ2n) is 2.48. The van der Waals surface area contributed by atoms with E-state index in [1.165, 1.54) is 0 Å². The van der Waals surface area contributed by atoms with E-state index < -0.39 is 17.0 Å². The number of rotatable bonds is 4. The molecular weight excluding hydrogens is 226 g/mol. The van der Waals surface area contributed by atoms with Crippen LogP contribution < -0.4 is 11.5 Å².